The van der Waals surface area contributed by atoms with Crippen LogP contribution in [0, 0.1) is 0 Å². The van der Waals surface area contributed by atoms with Crippen LogP contribution in [0.15, 0.2) is 72.4 Å². The van der Waals surface area contributed by atoms with Gasteiger partial charge in [-0.05, 0) is 40.5 Å². The molecular weight excluding hydrogens is 478 g/mol. The lowest BCUT2D eigenvalue weighted by Crippen LogP contribution is -2.37. The minimum Gasteiger partial charge on any atom is -0.342 e. The number of aromatic nitrogens is 2. The fraction of sp³-hybridized carbons (Fsp3) is 0.290. The number of hydrogen-bond acceptors (Lipinski definition) is 5. The molecule has 0 bridgehead atoms. The van der Waals surface area contributed by atoms with E-state index in [1.807, 2.05) is 48.1 Å². The zero-order chi connectivity index (χ0) is 26.6. The Morgan fingerprint density at radius 2 is 1.57 bits per heavy atom. The van der Waals surface area contributed by atoms with Gasteiger partial charge in [-0.1, -0.05) is 83.1 Å². The lowest BCUT2D eigenvalue weighted by atomic mass is 9.86. The number of rotatable bonds is 8. The zero-order valence-corrected chi connectivity index (χ0v) is 22.8. The van der Waals surface area contributed by atoms with Crippen LogP contribution in [0.4, 0.5) is 0 Å². The van der Waals surface area contributed by atoms with Crippen molar-refractivity contribution in [2.75, 3.05) is 0 Å². The zero-order valence-electron chi connectivity index (χ0n) is 22.0. The number of nitrogens with zero attached hydrogens (tertiary/aromatic N) is 2. The molecule has 1 amide bonds. The smallest absolute Gasteiger partial charge is 0.252 e. The van der Waals surface area contributed by atoms with E-state index in [4.69, 9.17) is 0 Å². The van der Waals surface area contributed by atoms with Crippen molar-refractivity contribution < 1.29 is 9.59 Å². The summed E-state index contributed by atoms with van der Waals surface area (Å²) in [5, 5.41) is 4.68. The second-order valence-corrected chi connectivity index (χ2v) is 11.6. The van der Waals surface area contributed by atoms with Gasteiger partial charge >= 0.3 is 0 Å². The molecule has 0 saturated heterocycles. The largest absolute Gasteiger partial charge is 0.342 e. The molecule has 0 aliphatic rings. The molecule has 0 spiro atoms. The van der Waals surface area contributed by atoms with Crippen molar-refractivity contribution >= 4 is 23.5 Å². The van der Waals surface area contributed by atoms with Gasteiger partial charge in [-0.25, -0.2) is 9.97 Å². The lowest BCUT2D eigenvalue weighted by Gasteiger charge is -2.19. The monoisotopic (exact) mass is 511 g/mol. The van der Waals surface area contributed by atoms with Gasteiger partial charge in [0, 0.05) is 33.8 Å². The normalized spacial score (nSPS) is 12.4. The molecule has 2 heterocycles. The van der Waals surface area contributed by atoms with Crippen LogP contribution in [0.1, 0.15) is 66.9 Å². The molecule has 0 fully saturated rings. The number of thiophene rings is 1. The van der Waals surface area contributed by atoms with E-state index in [0.717, 1.165) is 33.4 Å². The molecule has 37 heavy (non-hydrogen) atoms. The maximum atomic E-state index is 12.6. The molecule has 4 rings (SSSR count). The minimum atomic E-state index is -0.596. The molecule has 1 unspecified atom stereocenters. The van der Waals surface area contributed by atoms with Gasteiger partial charge in [0.25, 0.3) is 5.91 Å². The van der Waals surface area contributed by atoms with Crippen molar-refractivity contribution in [1.29, 1.82) is 0 Å². The van der Waals surface area contributed by atoms with Gasteiger partial charge in [0.15, 0.2) is 5.82 Å². The number of carbonyl (C=O) groups excluding carboxylic acids is 2. The van der Waals surface area contributed by atoms with Crippen molar-refractivity contribution in [3.05, 3.63) is 93.9 Å². The molecule has 4 aromatic rings. The fourth-order valence-electron chi connectivity index (χ4n) is 3.99. The van der Waals surface area contributed by atoms with Gasteiger partial charge in [0.1, 0.15) is 6.29 Å². The van der Waals surface area contributed by atoms with Crippen molar-refractivity contribution in [2.24, 2.45) is 0 Å². The fourth-order valence-corrected chi connectivity index (χ4v) is 4.90. The Morgan fingerprint density at radius 3 is 2.11 bits per heavy atom. The summed E-state index contributed by atoms with van der Waals surface area (Å²) in [6.45, 7) is 10.8. The van der Waals surface area contributed by atoms with Crippen molar-refractivity contribution in [2.45, 2.75) is 58.4 Å². The topological polar surface area (TPSA) is 72.0 Å². The standard InChI is InChI=1S/C31H33N3O2S/c1-20(2)28-15-24(19-37-28)30(36)34-27(18-35)14-21-6-8-23(9-7-21)29-32-16-25(17-33-29)22-10-12-26(13-11-22)31(3,4)5/h6-13,15-20,27H,14H2,1-5H3,(H,34,36). The second kappa shape index (κ2) is 11.2. The van der Waals surface area contributed by atoms with E-state index >= 15 is 0 Å². The Labute approximate surface area is 223 Å². The molecule has 6 heteroatoms. The van der Waals surface area contributed by atoms with E-state index in [2.05, 4.69) is 74.2 Å². The number of aldehydes is 1. The minimum absolute atomic E-state index is 0.115. The first-order valence-corrected chi connectivity index (χ1v) is 13.4. The van der Waals surface area contributed by atoms with Crippen LogP contribution in [-0.4, -0.2) is 28.2 Å². The maximum absolute atomic E-state index is 12.6. The highest BCUT2D eigenvalue weighted by atomic mass is 32.1. The third kappa shape index (κ3) is 6.57. The summed E-state index contributed by atoms with van der Waals surface area (Å²) in [5.41, 5.74) is 5.90. The predicted octanol–water partition coefficient (Wildman–Crippen LogP) is 6.83. The van der Waals surface area contributed by atoms with E-state index < -0.39 is 6.04 Å². The van der Waals surface area contributed by atoms with Gasteiger partial charge in [-0.2, -0.15) is 0 Å². The highest BCUT2D eigenvalue weighted by molar-refractivity contribution is 7.10. The Hall–Kier alpha value is -3.64. The number of hydrogen-bond donors (Lipinski definition) is 1. The van der Waals surface area contributed by atoms with Gasteiger partial charge in [-0.3, -0.25) is 4.79 Å². The summed E-state index contributed by atoms with van der Waals surface area (Å²) >= 11 is 1.56. The van der Waals surface area contributed by atoms with Gasteiger partial charge < -0.3 is 10.1 Å². The van der Waals surface area contributed by atoms with E-state index in [0.29, 0.717) is 23.7 Å². The highest BCUT2D eigenvalue weighted by Crippen LogP contribution is 2.27. The third-order valence-electron chi connectivity index (χ3n) is 6.34. The van der Waals surface area contributed by atoms with E-state index in [9.17, 15) is 9.59 Å². The maximum Gasteiger partial charge on any atom is 0.252 e. The number of nitrogens with one attached hydrogen (secondary N) is 1. The van der Waals surface area contributed by atoms with Crippen LogP contribution in [0.25, 0.3) is 22.5 Å². The summed E-state index contributed by atoms with van der Waals surface area (Å²) in [4.78, 5) is 34.5. The summed E-state index contributed by atoms with van der Waals surface area (Å²) in [7, 11) is 0. The van der Waals surface area contributed by atoms with E-state index in [1.165, 1.54) is 5.56 Å². The van der Waals surface area contributed by atoms with Crippen molar-refractivity contribution in [1.82, 2.24) is 15.3 Å². The molecule has 1 atom stereocenters. The van der Waals surface area contributed by atoms with Crippen LogP contribution >= 0.6 is 11.3 Å². The molecule has 0 radical (unpaired) electrons. The summed E-state index contributed by atoms with van der Waals surface area (Å²) < 4.78 is 0. The molecule has 0 saturated carbocycles. The van der Waals surface area contributed by atoms with E-state index in [-0.39, 0.29) is 11.3 Å². The first-order chi connectivity index (χ1) is 17.6. The number of benzene rings is 2. The molecule has 0 aliphatic carbocycles. The average molecular weight is 512 g/mol. The van der Waals surface area contributed by atoms with Crippen LogP contribution in [0.5, 0.6) is 0 Å². The SMILES string of the molecule is CC(C)c1cc(C(=O)NC(C=O)Cc2ccc(-c3ncc(-c4ccc(C(C)(C)C)cc4)cn3)cc2)cs1. The van der Waals surface area contributed by atoms with Crippen LogP contribution in [0.3, 0.4) is 0 Å². The summed E-state index contributed by atoms with van der Waals surface area (Å²) in [6, 6.07) is 17.6. The summed E-state index contributed by atoms with van der Waals surface area (Å²) in [5.74, 6) is 0.783. The summed E-state index contributed by atoms with van der Waals surface area (Å²) in [6.07, 6.45) is 4.89. The van der Waals surface area contributed by atoms with Gasteiger partial charge in [-0.15, -0.1) is 11.3 Å². The molecule has 0 aliphatic heterocycles. The Morgan fingerprint density at radius 1 is 0.946 bits per heavy atom. The Bertz CT molecular complexity index is 1350. The van der Waals surface area contributed by atoms with Crippen LogP contribution < -0.4 is 5.32 Å². The van der Waals surface area contributed by atoms with Crippen LogP contribution in [-0.2, 0) is 16.6 Å². The van der Waals surface area contributed by atoms with E-state index in [1.54, 1.807) is 11.3 Å². The molecule has 2 aromatic carbocycles. The predicted molar refractivity (Wildman–Crippen MR) is 151 cm³/mol. The third-order valence-corrected chi connectivity index (χ3v) is 7.57. The number of carbonyl (C=O) groups is 2. The Kier molecular flexibility index (Phi) is 7.98. The van der Waals surface area contributed by atoms with Crippen molar-refractivity contribution in [3.63, 3.8) is 0 Å². The highest BCUT2D eigenvalue weighted by Gasteiger charge is 2.16. The first-order valence-electron chi connectivity index (χ1n) is 12.5. The lowest BCUT2D eigenvalue weighted by molar-refractivity contribution is -0.109. The molecule has 5 nitrogen and oxygen atoms in total. The van der Waals surface area contributed by atoms with Crippen LogP contribution in [0.2, 0.25) is 0 Å². The molecule has 2 aromatic heterocycles. The Balaban J connectivity index is 1.39. The quantitative estimate of drug-likeness (QED) is 0.263. The molecule has 190 valence electrons. The molecule has 1 N–H and O–H groups in total. The molecular formula is C31H33N3O2S. The van der Waals surface area contributed by atoms with Crippen molar-refractivity contribution in [3.8, 4) is 22.5 Å². The number of amides is 1. The average Bonchev–Trinajstić information content (AvgIpc) is 3.40. The van der Waals surface area contributed by atoms with Gasteiger partial charge in [0.2, 0.25) is 0 Å². The second-order valence-electron chi connectivity index (χ2n) is 10.6. The van der Waals surface area contributed by atoms with Gasteiger partial charge in [0.05, 0.1) is 11.6 Å². The first kappa shape index (κ1) is 26.4.